The number of aliphatic hydroxyl groups excluding tert-OH is 1. The average Bonchev–Trinajstić information content (AvgIpc) is 2.66. The summed E-state index contributed by atoms with van der Waals surface area (Å²) in [4.78, 5) is 32.1. The highest BCUT2D eigenvalue weighted by Gasteiger charge is 2.31. The van der Waals surface area contributed by atoms with Gasteiger partial charge in [0, 0.05) is 12.0 Å². The number of hydrogen-bond donors (Lipinski definition) is 4. The number of benzene rings is 1. The summed E-state index contributed by atoms with van der Waals surface area (Å²) in [5.41, 5.74) is 4.65. The Morgan fingerprint density at radius 3 is 2.16 bits per heavy atom. The molecule has 6 N–H and O–H groups in total. The zero-order valence-electron chi connectivity index (χ0n) is 17.3. The smallest absolute Gasteiger partial charge is 0.430 e. The maximum Gasteiger partial charge on any atom is 0.430 e. The van der Waals surface area contributed by atoms with Crippen LogP contribution in [0.2, 0.25) is 0 Å². The molecule has 3 atom stereocenters. The third kappa shape index (κ3) is 10.6. The van der Waals surface area contributed by atoms with E-state index in [4.69, 9.17) is 19.7 Å². The molecule has 1 amide bonds. The lowest BCUT2D eigenvalue weighted by molar-refractivity contribution is -0.432. The molecule has 176 valence electrons. The highest BCUT2D eigenvalue weighted by atomic mass is 19.4. The van der Waals surface area contributed by atoms with Crippen LogP contribution in [-0.4, -0.2) is 59.5 Å². The molecule has 0 bridgehead atoms. The Hall–Kier alpha value is -2.86. The number of nitrogens with one attached hydrogen (secondary N) is 1. The molecule has 1 aromatic rings. The van der Waals surface area contributed by atoms with Crippen molar-refractivity contribution < 1.29 is 53.3 Å². The molecule has 0 aliphatic heterocycles. The minimum atomic E-state index is -5.19. The Balaban J connectivity index is 0.00000110. The maximum absolute atomic E-state index is 12.1. The number of carboxylic acids is 2. The van der Waals surface area contributed by atoms with Crippen molar-refractivity contribution in [3.8, 4) is 5.75 Å². The van der Waals surface area contributed by atoms with Crippen LogP contribution in [0.1, 0.15) is 25.8 Å². The first kappa shape index (κ1) is 28.1. The molecule has 0 aromatic heterocycles. The lowest BCUT2D eigenvalue weighted by Gasteiger charge is -2.21. The number of methoxy groups -OCH3 is 1. The number of ether oxygens (including phenoxy) is 1. The Labute approximate surface area is 177 Å². The standard InChI is InChI=1S/C17H26N2O5.C2HF3O2/c1-10(2)8-13(17(22)23)19-16(21)15(20)12(18)9-11-6-4-5-7-14(11)24-3;3-2(4,5)1(6)7/h4-7,10,12-13,15,20H,8-9,18H2,1-3H3,(H,19,21)(H,22,23);(H,6,7)/t12-,13+,15+;/m1./s1. The number of halogens is 3. The van der Waals surface area contributed by atoms with Gasteiger partial charge in [0.15, 0.2) is 6.10 Å². The Morgan fingerprint density at radius 2 is 1.74 bits per heavy atom. The third-order valence-electron chi connectivity index (χ3n) is 3.94. The van der Waals surface area contributed by atoms with Gasteiger partial charge in [-0.15, -0.1) is 0 Å². The van der Waals surface area contributed by atoms with Crippen molar-refractivity contribution >= 4 is 17.8 Å². The number of amides is 1. The van der Waals surface area contributed by atoms with Crippen LogP contribution in [0.15, 0.2) is 24.3 Å². The molecule has 31 heavy (non-hydrogen) atoms. The molecule has 0 heterocycles. The second-order valence-corrected chi connectivity index (χ2v) is 7.04. The molecule has 1 rings (SSSR count). The summed E-state index contributed by atoms with van der Waals surface area (Å²) in [7, 11) is 1.55. The first-order valence-corrected chi connectivity index (χ1v) is 9.15. The quantitative estimate of drug-likeness (QED) is 0.378. The van der Waals surface area contributed by atoms with Crippen molar-refractivity contribution in [2.75, 3.05) is 7.11 Å². The van der Waals surface area contributed by atoms with E-state index in [1.165, 1.54) is 0 Å². The molecule has 12 heteroatoms. The largest absolute Gasteiger partial charge is 0.542 e. The zero-order chi connectivity index (χ0) is 24.4. The highest BCUT2D eigenvalue weighted by molar-refractivity contribution is 5.86. The number of carbonyl (C=O) groups excluding carboxylic acids is 2. The first-order valence-electron chi connectivity index (χ1n) is 9.15. The van der Waals surface area contributed by atoms with Crippen molar-refractivity contribution in [3.05, 3.63) is 29.8 Å². The van der Waals surface area contributed by atoms with E-state index in [1.54, 1.807) is 13.2 Å². The molecule has 0 saturated heterocycles. The van der Waals surface area contributed by atoms with Crippen molar-refractivity contribution in [2.24, 2.45) is 5.92 Å². The number of aliphatic hydroxyl groups is 1. The van der Waals surface area contributed by atoms with Gasteiger partial charge in [-0.25, -0.2) is 4.79 Å². The van der Waals surface area contributed by atoms with Crippen molar-refractivity contribution in [2.45, 2.75) is 51.1 Å². The number of rotatable bonds is 9. The summed E-state index contributed by atoms with van der Waals surface area (Å²) in [6.45, 7) is 3.73. The summed E-state index contributed by atoms with van der Waals surface area (Å²) < 4.78 is 36.8. The van der Waals surface area contributed by atoms with Crippen molar-refractivity contribution in [1.29, 1.82) is 0 Å². The second-order valence-electron chi connectivity index (χ2n) is 7.04. The molecular formula is C19H27F3N2O7. The predicted molar refractivity (Wildman–Crippen MR) is 99.5 cm³/mol. The van der Waals surface area contributed by atoms with E-state index < -0.39 is 42.2 Å². The van der Waals surface area contributed by atoms with E-state index in [-0.39, 0.29) is 5.92 Å². The predicted octanol–water partition coefficient (Wildman–Crippen LogP) is -0.877. The normalized spacial score (nSPS) is 14.0. The van der Waals surface area contributed by atoms with Gasteiger partial charge in [-0.05, 0) is 18.4 Å². The summed E-state index contributed by atoms with van der Waals surface area (Å²) in [6, 6.07) is 5.63. The fourth-order valence-electron chi connectivity index (χ4n) is 2.43. The highest BCUT2D eigenvalue weighted by Crippen LogP contribution is 2.19. The van der Waals surface area contributed by atoms with Gasteiger partial charge in [0.25, 0.3) is 5.91 Å². The number of para-hydroxylation sites is 1. The van der Waals surface area contributed by atoms with E-state index in [1.807, 2.05) is 32.0 Å². The van der Waals surface area contributed by atoms with Gasteiger partial charge in [0.2, 0.25) is 0 Å². The summed E-state index contributed by atoms with van der Waals surface area (Å²) >= 11 is 0. The van der Waals surface area contributed by atoms with Crippen LogP contribution in [0, 0.1) is 5.92 Å². The first-order chi connectivity index (χ1) is 14.2. The Bertz CT molecular complexity index is 741. The van der Waals surface area contributed by atoms with Gasteiger partial charge < -0.3 is 35.9 Å². The van der Waals surface area contributed by atoms with Crippen molar-refractivity contribution in [1.82, 2.24) is 5.32 Å². The Kier molecular flexibility index (Phi) is 11.6. The molecule has 0 radical (unpaired) electrons. The van der Waals surface area contributed by atoms with Crippen LogP contribution in [0.25, 0.3) is 0 Å². The average molecular weight is 452 g/mol. The molecule has 0 aliphatic carbocycles. The summed E-state index contributed by atoms with van der Waals surface area (Å²) in [6.07, 6.45) is -5.97. The lowest BCUT2D eigenvalue weighted by Crippen LogP contribution is -2.70. The monoisotopic (exact) mass is 452 g/mol. The van der Waals surface area contributed by atoms with Gasteiger partial charge >= 0.3 is 12.1 Å². The van der Waals surface area contributed by atoms with E-state index in [0.29, 0.717) is 18.6 Å². The molecule has 0 fully saturated rings. The molecular weight excluding hydrogens is 425 g/mol. The topological polar surface area (TPSA) is 164 Å². The number of alkyl halides is 3. The van der Waals surface area contributed by atoms with Crippen LogP contribution in [0.5, 0.6) is 5.75 Å². The molecule has 0 aliphatic rings. The minimum absolute atomic E-state index is 0.104. The van der Waals surface area contributed by atoms with Crippen LogP contribution in [-0.2, 0) is 20.8 Å². The molecule has 0 saturated carbocycles. The van der Waals surface area contributed by atoms with Gasteiger partial charge in [-0.2, -0.15) is 13.2 Å². The number of carbonyl (C=O) groups is 3. The van der Waals surface area contributed by atoms with Gasteiger partial charge in [-0.1, -0.05) is 32.0 Å². The fraction of sp³-hybridized carbons (Fsp3) is 0.526. The molecule has 0 unspecified atom stereocenters. The number of hydrogen-bond acceptors (Lipinski definition) is 6. The number of aliphatic carboxylic acids is 2. The fourth-order valence-corrected chi connectivity index (χ4v) is 2.43. The van der Waals surface area contributed by atoms with Crippen LogP contribution in [0.3, 0.4) is 0 Å². The van der Waals surface area contributed by atoms with E-state index >= 15 is 0 Å². The molecule has 1 aromatic carbocycles. The second kappa shape index (κ2) is 12.7. The van der Waals surface area contributed by atoms with Gasteiger partial charge in [0.1, 0.15) is 23.8 Å². The van der Waals surface area contributed by atoms with Crippen LogP contribution in [0.4, 0.5) is 13.2 Å². The van der Waals surface area contributed by atoms with Crippen LogP contribution < -0.4 is 20.9 Å². The van der Waals surface area contributed by atoms with E-state index in [2.05, 4.69) is 11.1 Å². The lowest BCUT2D eigenvalue weighted by atomic mass is 9.99. The van der Waals surface area contributed by atoms with E-state index in [0.717, 1.165) is 5.56 Å². The van der Waals surface area contributed by atoms with Gasteiger partial charge in [-0.3, -0.25) is 4.79 Å². The SMILES string of the molecule is COc1ccccc1C[C@@H]([NH3+])[C@H](O)C(=O)N[C@@H](CC(C)C)C(=O)O.O=C([O-])C(F)(F)F. The minimum Gasteiger partial charge on any atom is -0.542 e. The number of quaternary nitrogens is 1. The van der Waals surface area contributed by atoms with E-state index in [9.17, 15) is 27.9 Å². The zero-order valence-corrected chi connectivity index (χ0v) is 17.3. The molecule has 0 spiro atoms. The third-order valence-corrected chi connectivity index (χ3v) is 3.94. The molecule has 9 nitrogen and oxygen atoms in total. The van der Waals surface area contributed by atoms with Gasteiger partial charge in [0.05, 0.1) is 7.11 Å². The summed E-state index contributed by atoms with van der Waals surface area (Å²) in [5.74, 6) is -4.09. The maximum atomic E-state index is 12.1. The Morgan fingerprint density at radius 1 is 1.23 bits per heavy atom. The van der Waals surface area contributed by atoms with Crippen LogP contribution >= 0.6 is 0 Å². The van der Waals surface area contributed by atoms with Crippen molar-refractivity contribution in [3.63, 3.8) is 0 Å². The number of carboxylic acid groups (broad SMARTS) is 2. The summed E-state index contributed by atoms with van der Waals surface area (Å²) in [5, 5.41) is 30.5.